The van der Waals surface area contributed by atoms with Crippen molar-refractivity contribution in [2.24, 2.45) is 0 Å². The smallest absolute Gasteiger partial charge is 0.215 e. The minimum absolute atomic E-state index is 0.0669. The Morgan fingerprint density at radius 2 is 2.05 bits per heavy atom. The van der Waals surface area contributed by atoms with Crippen LogP contribution in [-0.2, 0) is 20.8 Å². The summed E-state index contributed by atoms with van der Waals surface area (Å²) in [6.07, 6.45) is 1.25. The van der Waals surface area contributed by atoms with Crippen LogP contribution in [0.4, 0.5) is 5.69 Å². The molecule has 1 heterocycles. The largest absolute Gasteiger partial charge is 0.492 e. The van der Waals surface area contributed by atoms with Gasteiger partial charge in [0.15, 0.2) is 0 Å². The number of nitrogens with one attached hydrogen (secondary N) is 1. The number of ether oxygens (including phenoxy) is 1. The van der Waals surface area contributed by atoms with Gasteiger partial charge in [-0.1, -0.05) is 6.07 Å². The van der Waals surface area contributed by atoms with Crippen LogP contribution in [0.25, 0.3) is 0 Å². The summed E-state index contributed by atoms with van der Waals surface area (Å²) in [7, 11) is -4.18. The van der Waals surface area contributed by atoms with Gasteiger partial charge in [-0.15, -0.1) is 0 Å². The van der Waals surface area contributed by atoms with Crippen molar-refractivity contribution in [3.8, 4) is 5.75 Å². The molecule has 1 aliphatic heterocycles. The van der Waals surface area contributed by atoms with E-state index in [-0.39, 0.29) is 18.4 Å². The van der Waals surface area contributed by atoms with Crippen molar-refractivity contribution in [3.05, 3.63) is 24.3 Å². The van der Waals surface area contributed by atoms with Gasteiger partial charge in [-0.25, -0.2) is 13.1 Å². The molecule has 21 heavy (non-hydrogen) atoms. The molecule has 1 saturated heterocycles. The van der Waals surface area contributed by atoms with Gasteiger partial charge in [-0.3, -0.25) is 4.21 Å². The number of nitrogens with two attached hydrogens (primary N) is 1. The number of nitrogen functional groups attached to an aromatic ring is 1. The molecule has 0 saturated carbocycles. The summed E-state index contributed by atoms with van der Waals surface area (Å²) in [6, 6.07) is 6.75. The van der Waals surface area contributed by atoms with Crippen molar-refractivity contribution in [3.63, 3.8) is 0 Å². The van der Waals surface area contributed by atoms with E-state index in [1.165, 1.54) is 0 Å². The zero-order valence-corrected chi connectivity index (χ0v) is 13.3. The second kappa shape index (κ2) is 7.24. The number of hydrogen-bond acceptors (Lipinski definition) is 5. The van der Waals surface area contributed by atoms with Crippen LogP contribution in [0.2, 0.25) is 0 Å². The van der Waals surface area contributed by atoms with Crippen LogP contribution in [0.1, 0.15) is 12.8 Å². The van der Waals surface area contributed by atoms with E-state index >= 15 is 0 Å². The first-order valence-corrected chi connectivity index (χ1v) is 9.92. The van der Waals surface area contributed by atoms with Crippen LogP contribution in [0.3, 0.4) is 0 Å². The Morgan fingerprint density at radius 3 is 2.71 bits per heavy atom. The van der Waals surface area contributed by atoms with E-state index in [1.54, 1.807) is 24.3 Å². The van der Waals surface area contributed by atoms with Crippen molar-refractivity contribution in [2.45, 2.75) is 18.9 Å². The first kappa shape index (κ1) is 16.3. The lowest BCUT2D eigenvalue weighted by atomic mass is 10.2. The van der Waals surface area contributed by atoms with Gasteiger partial charge in [-0.2, -0.15) is 0 Å². The SMILES string of the molecule is Nc1cccc(OCCS(=O)(=O)NC2CCS(=O)CC2)c1. The van der Waals surface area contributed by atoms with Gasteiger partial charge >= 0.3 is 0 Å². The average Bonchev–Trinajstić information content (AvgIpc) is 2.41. The summed E-state index contributed by atoms with van der Waals surface area (Å²) in [6.45, 7) is 0.0669. The third-order valence-electron chi connectivity index (χ3n) is 3.21. The van der Waals surface area contributed by atoms with E-state index in [0.29, 0.717) is 35.8 Å². The van der Waals surface area contributed by atoms with Crippen LogP contribution in [0, 0.1) is 0 Å². The van der Waals surface area contributed by atoms with E-state index < -0.39 is 20.8 Å². The number of rotatable bonds is 6. The molecular formula is C13H20N2O4S2. The van der Waals surface area contributed by atoms with Crippen LogP contribution in [0.5, 0.6) is 5.75 Å². The fourth-order valence-corrected chi connectivity index (χ4v) is 4.56. The second-order valence-corrected chi connectivity index (χ2v) is 8.55. The molecule has 6 nitrogen and oxygen atoms in total. The first-order chi connectivity index (χ1) is 9.94. The summed E-state index contributed by atoms with van der Waals surface area (Å²) in [5, 5.41) is 0. The molecule has 1 fully saturated rings. The highest BCUT2D eigenvalue weighted by molar-refractivity contribution is 7.89. The molecule has 0 amide bonds. The average molecular weight is 332 g/mol. The maximum atomic E-state index is 11.9. The van der Waals surface area contributed by atoms with E-state index in [0.717, 1.165) is 0 Å². The molecule has 2 rings (SSSR count). The highest BCUT2D eigenvalue weighted by Crippen LogP contribution is 2.14. The molecule has 1 aliphatic rings. The van der Waals surface area contributed by atoms with Crippen LogP contribution >= 0.6 is 0 Å². The molecule has 0 aromatic heterocycles. The Labute approximate surface area is 127 Å². The topological polar surface area (TPSA) is 98.5 Å². The van der Waals surface area contributed by atoms with E-state index in [4.69, 9.17) is 10.5 Å². The molecule has 0 unspecified atom stereocenters. The lowest BCUT2D eigenvalue weighted by Crippen LogP contribution is -2.41. The summed E-state index contributed by atoms with van der Waals surface area (Å²) >= 11 is 0. The van der Waals surface area contributed by atoms with Gasteiger partial charge in [-0.05, 0) is 25.0 Å². The highest BCUT2D eigenvalue weighted by atomic mass is 32.2. The first-order valence-electron chi connectivity index (χ1n) is 6.78. The predicted octanol–water partition coefficient (Wildman–Crippen LogP) is 0.478. The second-order valence-electron chi connectivity index (χ2n) is 4.98. The molecule has 3 N–H and O–H groups in total. The lowest BCUT2D eigenvalue weighted by molar-refractivity contribution is 0.340. The number of benzene rings is 1. The zero-order valence-electron chi connectivity index (χ0n) is 11.7. The summed E-state index contributed by atoms with van der Waals surface area (Å²) in [4.78, 5) is 0. The normalized spacial score (nSPS) is 22.9. The standard InChI is InChI=1S/C13H20N2O4S2/c14-11-2-1-3-13(10-11)19-6-9-21(17,18)15-12-4-7-20(16)8-5-12/h1-3,10,12,15H,4-9,14H2. The fraction of sp³-hybridized carbons (Fsp3) is 0.538. The fourth-order valence-electron chi connectivity index (χ4n) is 2.10. The van der Waals surface area contributed by atoms with E-state index in [2.05, 4.69) is 4.72 Å². The van der Waals surface area contributed by atoms with Gasteiger partial charge in [0.2, 0.25) is 10.0 Å². The molecule has 1 aromatic rings. The summed E-state index contributed by atoms with van der Waals surface area (Å²) in [5.41, 5.74) is 6.19. The number of anilines is 1. The van der Waals surface area contributed by atoms with Gasteiger partial charge < -0.3 is 10.5 Å². The third kappa shape index (κ3) is 5.64. The van der Waals surface area contributed by atoms with Crippen molar-refractivity contribution in [1.29, 1.82) is 0 Å². The van der Waals surface area contributed by atoms with Crippen LogP contribution < -0.4 is 15.2 Å². The summed E-state index contributed by atoms with van der Waals surface area (Å²) in [5.74, 6) is 1.57. The molecular weight excluding hydrogens is 312 g/mol. The molecule has 0 spiro atoms. The summed E-state index contributed by atoms with van der Waals surface area (Å²) < 4.78 is 43.2. The number of sulfonamides is 1. The van der Waals surface area contributed by atoms with E-state index in [1.807, 2.05) is 0 Å². The van der Waals surface area contributed by atoms with Gasteiger partial charge in [0, 0.05) is 40.1 Å². The van der Waals surface area contributed by atoms with Gasteiger partial charge in [0.1, 0.15) is 12.4 Å². The molecule has 0 aliphatic carbocycles. The van der Waals surface area contributed by atoms with Crippen molar-refractivity contribution >= 4 is 26.5 Å². The Hall–Kier alpha value is -1.12. The molecule has 0 atom stereocenters. The Kier molecular flexibility index (Phi) is 5.60. The van der Waals surface area contributed by atoms with E-state index in [9.17, 15) is 12.6 Å². The van der Waals surface area contributed by atoms with Gasteiger partial charge in [0.05, 0.1) is 5.75 Å². The van der Waals surface area contributed by atoms with Crippen molar-refractivity contribution in [2.75, 3.05) is 29.6 Å². The molecule has 0 bridgehead atoms. The van der Waals surface area contributed by atoms with Gasteiger partial charge in [0.25, 0.3) is 0 Å². The Bertz CT molecular complexity index is 594. The highest BCUT2D eigenvalue weighted by Gasteiger charge is 2.22. The van der Waals surface area contributed by atoms with Crippen LogP contribution in [-0.4, -0.2) is 42.5 Å². The Morgan fingerprint density at radius 1 is 1.33 bits per heavy atom. The Balaban J connectivity index is 1.77. The maximum Gasteiger partial charge on any atom is 0.215 e. The predicted molar refractivity (Wildman–Crippen MR) is 84.2 cm³/mol. The van der Waals surface area contributed by atoms with Crippen molar-refractivity contribution < 1.29 is 17.4 Å². The lowest BCUT2D eigenvalue weighted by Gasteiger charge is -2.22. The minimum Gasteiger partial charge on any atom is -0.492 e. The molecule has 8 heteroatoms. The number of hydrogen-bond donors (Lipinski definition) is 2. The monoisotopic (exact) mass is 332 g/mol. The minimum atomic E-state index is -3.38. The maximum absolute atomic E-state index is 11.9. The molecule has 118 valence electrons. The van der Waals surface area contributed by atoms with Crippen molar-refractivity contribution in [1.82, 2.24) is 4.72 Å². The quantitative estimate of drug-likeness (QED) is 0.738. The third-order valence-corrected chi connectivity index (χ3v) is 5.99. The molecule has 0 radical (unpaired) electrons. The molecule has 1 aromatic carbocycles. The van der Waals surface area contributed by atoms with Crippen LogP contribution in [0.15, 0.2) is 24.3 Å². The zero-order chi connectivity index (χ0) is 15.3.